The van der Waals surface area contributed by atoms with E-state index >= 15 is 0 Å². The van der Waals surface area contributed by atoms with Gasteiger partial charge in [0.2, 0.25) is 0 Å². The summed E-state index contributed by atoms with van der Waals surface area (Å²) < 4.78 is 4.59. The van der Waals surface area contributed by atoms with Gasteiger partial charge in [0, 0.05) is 18.7 Å². The molecule has 1 rings (SSSR count). The van der Waals surface area contributed by atoms with Crippen LogP contribution in [-0.4, -0.2) is 4.98 Å². The molecule has 0 amide bonds. The molecule has 1 aromatic heterocycles. The molecular weight excluding hydrogens is 118 g/mol. The maximum absolute atomic E-state index is 10.5. The molecule has 9 heavy (non-hydrogen) atoms. The van der Waals surface area contributed by atoms with Crippen LogP contribution in [0.25, 0.3) is 0 Å². The Bertz CT molecular complexity index is 241. The van der Waals surface area contributed by atoms with Crippen LogP contribution in [0.2, 0.25) is 0 Å². The van der Waals surface area contributed by atoms with Crippen LogP contribution < -0.4 is 5.63 Å². The summed E-state index contributed by atoms with van der Waals surface area (Å²) in [7, 11) is 0. The Morgan fingerprint density at radius 2 is 2.22 bits per heavy atom. The van der Waals surface area contributed by atoms with E-state index < -0.39 is 0 Å². The lowest BCUT2D eigenvalue weighted by Crippen LogP contribution is -2.00. The standard InChI is InChI=1S/C6H7NO2/c1-4-3-6(8)9-5(2)7-4/h3H,1-2H3. The molecule has 0 saturated carbocycles. The molecule has 0 radical (unpaired) electrons. The Balaban J connectivity index is 3.33. The molecule has 0 saturated heterocycles. The molecule has 0 atom stereocenters. The van der Waals surface area contributed by atoms with E-state index in [1.807, 2.05) is 0 Å². The monoisotopic (exact) mass is 125 g/mol. The van der Waals surface area contributed by atoms with Crippen LogP contribution in [0.15, 0.2) is 15.3 Å². The van der Waals surface area contributed by atoms with E-state index in [0.717, 1.165) is 0 Å². The molecule has 3 heteroatoms. The van der Waals surface area contributed by atoms with Gasteiger partial charge in [-0.3, -0.25) is 0 Å². The zero-order chi connectivity index (χ0) is 6.85. The van der Waals surface area contributed by atoms with Crippen LogP contribution in [-0.2, 0) is 0 Å². The average molecular weight is 125 g/mol. The molecule has 1 aromatic rings. The van der Waals surface area contributed by atoms with Crippen molar-refractivity contribution in [2.75, 3.05) is 0 Å². The van der Waals surface area contributed by atoms with Gasteiger partial charge in [-0.25, -0.2) is 9.78 Å². The summed E-state index contributed by atoms with van der Waals surface area (Å²) in [5.74, 6) is 0.417. The number of aromatic nitrogens is 1. The topological polar surface area (TPSA) is 43.1 Å². The summed E-state index contributed by atoms with van der Waals surface area (Å²) in [5.41, 5.74) is 0.365. The maximum Gasteiger partial charge on any atom is 0.339 e. The first-order chi connectivity index (χ1) is 4.18. The van der Waals surface area contributed by atoms with Gasteiger partial charge in [0.1, 0.15) is 0 Å². The molecule has 0 unspecified atom stereocenters. The molecule has 1 heterocycles. The van der Waals surface area contributed by atoms with Crippen molar-refractivity contribution in [3.05, 3.63) is 28.1 Å². The zero-order valence-electron chi connectivity index (χ0n) is 5.34. The van der Waals surface area contributed by atoms with Crippen molar-refractivity contribution < 1.29 is 4.42 Å². The van der Waals surface area contributed by atoms with E-state index in [2.05, 4.69) is 9.40 Å². The molecule has 48 valence electrons. The fourth-order valence-electron chi connectivity index (χ4n) is 0.649. The van der Waals surface area contributed by atoms with E-state index in [4.69, 9.17) is 0 Å². The lowest BCUT2D eigenvalue weighted by molar-refractivity contribution is 0.453. The Labute approximate surface area is 52.3 Å². The van der Waals surface area contributed by atoms with Gasteiger partial charge in [0.05, 0.1) is 0 Å². The summed E-state index contributed by atoms with van der Waals surface area (Å²) in [5, 5.41) is 0. The van der Waals surface area contributed by atoms with Crippen molar-refractivity contribution >= 4 is 0 Å². The highest BCUT2D eigenvalue weighted by Crippen LogP contribution is 1.88. The third kappa shape index (κ3) is 1.38. The van der Waals surface area contributed by atoms with Crippen LogP contribution in [0, 0.1) is 13.8 Å². The summed E-state index contributed by atoms with van der Waals surface area (Å²) in [6, 6.07) is 1.35. The number of hydrogen-bond acceptors (Lipinski definition) is 3. The Morgan fingerprint density at radius 1 is 1.56 bits per heavy atom. The number of hydrogen-bond donors (Lipinski definition) is 0. The first-order valence-electron chi connectivity index (χ1n) is 2.64. The minimum absolute atomic E-state index is 0.333. The fraction of sp³-hybridized carbons (Fsp3) is 0.333. The van der Waals surface area contributed by atoms with E-state index in [0.29, 0.717) is 11.6 Å². The molecule has 0 aliphatic rings. The second-order valence-electron chi connectivity index (χ2n) is 1.84. The molecule has 3 nitrogen and oxygen atoms in total. The Kier molecular flexibility index (Phi) is 1.34. The third-order valence-electron chi connectivity index (χ3n) is 0.909. The third-order valence-corrected chi connectivity index (χ3v) is 0.909. The maximum atomic E-state index is 10.5. The van der Waals surface area contributed by atoms with Crippen molar-refractivity contribution in [3.63, 3.8) is 0 Å². The highest BCUT2D eigenvalue weighted by Gasteiger charge is 1.91. The predicted molar refractivity (Wildman–Crippen MR) is 32.2 cm³/mol. The van der Waals surface area contributed by atoms with Crippen molar-refractivity contribution in [1.29, 1.82) is 0 Å². The van der Waals surface area contributed by atoms with Crippen molar-refractivity contribution in [2.45, 2.75) is 13.8 Å². The number of aryl methyl sites for hydroxylation is 2. The summed E-state index contributed by atoms with van der Waals surface area (Å²) in [4.78, 5) is 14.4. The van der Waals surface area contributed by atoms with Gasteiger partial charge in [-0.1, -0.05) is 0 Å². The molecule has 0 fully saturated rings. The van der Waals surface area contributed by atoms with Crippen LogP contribution in [0.1, 0.15) is 11.6 Å². The minimum Gasteiger partial charge on any atom is -0.409 e. The number of rotatable bonds is 0. The molecule has 0 N–H and O–H groups in total. The highest BCUT2D eigenvalue weighted by molar-refractivity contribution is 4.94. The van der Waals surface area contributed by atoms with Gasteiger partial charge in [0.25, 0.3) is 0 Å². The van der Waals surface area contributed by atoms with Gasteiger partial charge in [-0.15, -0.1) is 0 Å². The first kappa shape index (κ1) is 6.01. The second-order valence-corrected chi connectivity index (χ2v) is 1.84. The van der Waals surface area contributed by atoms with Gasteiger partial charge in [-0.2, -0.15) is 0 Å². The van der Waals surface area contributed by atoms with Crippen molar-refractivity contribution in [1.82, 2.24) is 4.98 Å². The van der Waals surface area contributed by atoms with Gasteiger partial charge in [0.15, 0.2) is 5.89 Å². The largest absolute Gasteiger partial charge is 0.409 e. The van der Waals surface area contributed by atoms with E-state index in [1.54, 1.807) is 13.8 Å². The molecule has 0 aliphatic heterocycles. The molecule has 0 aliphatic carbocycles. The highest BCUT2D eigenvalue weighted by atomic mass is 16.4. The van der Waals surface area contributed by atoms with Crippen molar-refractivity contribution in [2.24, 2.45) is 0 Å². The summed E-state index contributed by atoms with van der Waals surface area (Å²) in [6.07, 6.45) is 0. The normalized spacial score (nSPS) is 9.56. The summed E-state index contributed by atoms with van der Waals surface area (Å²) in [6.45, 7) is 3.40. The van der Waals surface area contributed by atoms with Crippen molar-refractivity contribution in [3.8, 4) is 0 Å². The molecule has 0 bridgehead atoms. The van der Waals surface area contributed by atoms with Gasteiger partial charge < -0.3 is 4.42 Å². The smallest absolute Gasteiger partial charge is 0.339 e. The minimum atomic E-state index is -0.333. The first-order valence-corrected chi connectivity index (χ1v) is 2.64. The van der Waals surface area contributed by atoms with Gasteiger partial charge >= 0.3 is 5.63 Å². The Hall–Kier alpha value is -1.12. The molecular formula is C6H7NO2. The van der Waals surface area contributed by atoms with Crippen LogP contribution in [0.4, 0.5) is 0 Å². The molecule has 0 aromatic carbocycles. The van der Waals surface area contributed by atoms with Crippen LogP contribution in [0.3, 0.4) is 0 Å². The van der Waals surface area contributed by atoms with E-state index in [-0.39, 0.29) is 5.63 Å². The zero-order valence-corrected chi connectivity index (χ0v) is 5.34. The fourth-order valence-corrected chi connectivity index (χ4v) is 0.649. The quantitative estimate of drug-likeness (QED) is 0.511. The van der Waals surface area contributed by atoms with Crippen LogP contribution in [0.5, 0.6) is 0 Å². The Morgan fingerprint density at radius 3 is 2.67 bits per heavy atom. The SMILES string of the molecule is Cc1cc(=O)oc(C)n1. The van der Waals surface area contributed by atoms with Crippen LogP contribution >= 0.6 is 0 Å². The lowest BCUT2D eigenvalue weighted by atomic mass is 10.5. The van der Waals surface area contributed by atoms with E-state index in [1.165, 1.54) is 6.07 Å². The predicted octanol–water partition coefficient (Wildman–Crippen LogP) is 0.652. The van der Waals surface area contributed by atoms with E-state index in [9.17, 15) is 4.79 Å². The lowest BCUT2D eigenvalue weighted by Gasteiger charge is -1.89. The summed E-state index contributed by atoms with van der Waals surface area (Å²) >= 11 is 0. The number of nitrogens with zero attached hydrogens (tertiary/aromatic N) is 1. The molecule has 0 spiro atoms. The average Bonchev–Trinajstić information content (AvgIpc) is 1.59. The second kappa shape index (κ2) is 2.01. The van der Waals surface area contributed by atoms with Gasteiger partial charge in [-0.05, 0) is 6.92 Å².